The number of unbranched alkanes of at least 4 members (excludes halogenated alkanes) is 2. The van der Waals surface area contributed by atoms with Gasteiger partial charge in [0.15, 0.2) is 0 Å². The van der Waals surface area contributed by atoms with E-state index in [4.69, 9.17) is 9.47 Å². The fourth-order valence-electron chi connectivity index (χ4n) is 1.37. The average Bonchev–Trinajstić information content (AvgIpc) is 2.39. The fraction of sp³-hybridized carbons (Fsp3) is 0.571. The van der Waals surface area contributed by atoms with Crippen molar-refractivity contribution in [3.05, 3.63) is 25.3 Å². The summed E-state index contributed by atoms with van der Waals surface area (Å²) in [5.41, 5.74) is -1.05. The number of carbonyl (C=O) groups is 2. The first-order valence-electron chi connectivity index (χ1n) is 6.22. The van der Waals surface area contributed by atoms with Crippen LogP contribution in [0.3, 0.4) is 0 Å². The molecule has 1 unspecified atom stereocenters. The third kappa shape index (κ3) is 10.0. The van der Waals surface area contributed by atoms with Crippen molar-refractivity contribution in [1.82, 2.24) is 0 Å². The summed E-state index contributed by atoms with van der Waals surface area (Å²) in [6.45, 7) is 8.47. The second-order valence-electron chi connectivity index (χ2n) is 4.49. The highest BCUT2D eigenvalue weighted by molar-refractivity contribution is 5.81. The topological polar surface area (TPSA) is 72.8 Å². The van der Waals surface area contributed by atoms with Crippen molar-refractivity contribution in [2.24, 2.45) is 0 Å². The lowest BCUT2D eigenvalue weighted by Gasteiger charge is -2.22. The maximum absolute atomic E-state index is 10.9. The highest BCUT2D eigenvalue weighted by Gasteiger charge is 2.21. The van der Waals surface area contributed by atoms with E-state index in [2.05, 4.69) is 13.2 Å². The van der Waals surface area contributed by atoms with E-state index in [1.165, 1.54) is 0 Å². The van der Waals surface area contributed by atoms with Crippen molar-refractivity contribution in [1.29, 1.82) is 0 Å². The van der Waals surface area contributed by atoms with Crippen LogP contribution in [-0.2, 0) is 19.1 Å². The van der Waals surface area contributed by atoms with E-state index >= 15 is 0 Å². The van der Waals surface area contributed by atoms with Crippen molar-refractivity contribution >= 4 is 11.9 Å². The molecule has 108 valence electrons. The Morgan fingerprint density at radius 2 is 1.68 bits per heavy atom. The van der Waals surface area contributed by atoms with Crippen molar-refractivity contribution in [2.75, 3.05) is 13.2 Å². The standard InChI is InChI=1S/C14H22O5/c1-4-12(15)18-10-8-6-7-9-14(3,17)11-19-13(16)5-2/h4-5,17H,1-2,6-11H2,3H3. The second kappa shape index (κ2) is 9.33. The van der Waals surface area contributed by atoms with Crippen molar-refractivity contribution in [3.8, 4) is 0 Å². The van der Waals surface area contributed by atoms with E-state index in [1.807, 2.05) is 0 Å². The number of carbonyl (C=O) groups excluding carboxylic acids is 2. The Hall–Kier alpha value is -1.62. The normalized spacial score (nSPS) is 13.2. The van der Waals surface area contributed by atoms with Crippen LogP contribution in [0.25, 0.3) is 0 Å². The summed E-state index contributed by atoms with van der Waals surface area (Å²) in [6.07, 6.45) is 4.98. The van der Waals surface area contributed by atoms with Gasteiger partial charge in [-0.2, -0.15) is 0 Å². The maximum Gasteiger partial charge on any atom is 0.330 e. The van der Waals surface area contributed by atoms with E-state index in [0.717, 1.165) is 31.4 Å². The van der Waals surface area contributed by atoms with Gasteiger partial charge in [-0.05, 0) is 26.2 Å². The summed E-state index contributed by atoms with van der Waals surface area (Å²) in [5.74, 6) is -0.972. The maximum atomic E-state index is 10.9. The molecule has 0 aliphatic rings. The molecule has 5 nitrogen and oxygen atoms in total. The molecule has 0 aliphatic heterocycles. The molecule has 0 aliphatic carbocycles. The molecular weight excluding hydrogens is 248 g/mol. The molecule has 0 aromatic rings. The molecule has 0 heterocycles. The van der Waals surface area contributed by atoms with Crippen molar-refractivity contribution in [3.63, 3.8) is 0 Å². The molecular formula is C14H22O5. The fourth-order valence-corrected chi connectivity index (χ4v) is 1.37. The van der Waals surface area contributed by atoms with Crippen molar-refractivity contribution in [2.45, 2.75) is 38.2 Å². The lowest BCUT2D eigenvalue weighted by molar-refractivity contribution is -0.145. The molecule has 5 heteroatoms. The summed E-state index contributed by atoms with van der Waals surface area (Å²) in [6, 6.07) is 0. The first kappa shape index (κ1) is 17.4. The number of aliphatic hydroxyl groups is 1. The number of ether oxygens (including phenoxy) is 2. The Balaban J connectivity index is 3.63. The Kier molecular flexibility index (Phi) is 8.53. The van der Waals surface area contributed by atoms with Crippen LogP contribution >= 0.6 is 0 Å². The second-order valence-corrected chi connectivity index (χ2v) is 4.49. The van der Waals surface area contributed by atoms with Crippen molar-refractivity contribution < 1.29 is 24.2 Å². The third-order valence-electron chi connectivity index (χ3n) is 2.46. The summed E-state index contributed by atoms with van der Waals surface area (Å²) in [4.78, 5) is 21.6. The lowest BCUT2D eigenvalue weighted by atomic mass is 9.99. The first-order valence-corrected chi connectivity index (χ1v) is 6.22. The van der Waals surface area contributed by atoms with Crippen LogP contribution in [0.15, 0.2) is 25.3 Å². The van der Waals surface area contributed by atoms with Crippen LogP contribution < -0.4 is 0 Å². The van der Waals surface area contributed by atoms with Gasteiger partial charge in [0.2, 0.25) is 0 Å². The number of hydrogen-bond donors (Lipinski definition) is 1. The van der Waals surface area contributed by atoms with Gasteiger partial charge in [0, 0.05) is 12.2 Å². The van der Waals surface area contributed by atoms with Gasteiger partial charge in [0.05, 0.1) is 12.2 Å². The van der Waals surface area contributed by atoms with E-state index < -0.39 is 17.5 Å². The Morgan fingerprint density at radius 3 is 2.26 bits per heavy atom. The van der Waals surface area contributed by atoms with Gasteiger partial charge in [0.1, 0.15) is 6.61 Å². The van der Waals surface area contributed by atoms with Gasteiger partial charge in [-0.25, -0.2) is 9.59 Å². The molecule has 0 spiro atoms. The minimum Gasteiger partial charge on any atom is -0.463 e. The molecule has 0 aromatic carbocycles. The SMILES string of the molecule is C=CC(=O)OCCCCCC(C)(O)COC(=O)C=C. The summed E-state index contributed by atoms with van der Waals surface area (Å²) < 4.78 is 9.61. The number of rotatable bonds is 10. The molecule has 0 saturated heterocycles. The highest BCUT2D eigenvalue weighted by atomic mass is 16.5. The van der Waals surface area contributed by atoms with Crippen LogP contribution in [0.1, 0.15) is 32.6 Å². The molecule has 0 saturated carbocycles. The van der Waals surface area contributed by atoms with Crippen LogP contribution in [-0.4, -0.2) is 35.9 Å². The van der Waals surface area contributed by atoms with E-state index in [9.17, 15) is 14.7 Å². The van der Waals surface area contributed by atoms with Crippen LogP contribution in [0, 0.1) is 0 Å². The van der Waals surface area contributed by atoms with E-state index in [1.54, 1.807) is 6.92 Å². The monoisotopic (exact) mass is 270 g/mol. The van der Waals surface area contributed by atoms with Gasteiger partial charge in [-0.15, -0.1) is 0 Å². The average molecular weight is 270 g/mol. The van der Waals surface area contributed by atoms with Gasteiger partial charge >= 0.3 is 11.9 Å². The minimum atomic E-state index is -1.05. The van der Waals surface area contributed by atoms with E-state index in [-0.39, 0.29) is 6.61 Å². The third-order valence-corrected chi connectivity index (χ3v) is 2.46. The molecule has 0 fully saturated rings. The predicted octanol–water partition coefficient (Wildman–Crippen LogP) is 1.76. The zero-order valence-corrected chi connectivity index (χ0v) is 11.4. The number of hydrogen-bond acceptors (Lipinski definition) is 5. The van der Waals surface area contributed by atoms with Crippen LogP contribution in [0.4, 0.5) is 0 Å². The van der Waals surface area contributed by atoms with Gasteiger partial charge in [-0.3, -0.25) is 0 Å². The summed E-state index contributed by atoms with van der Waals surface area (Å²) in [7, 11) is 0. The van der Waals surface area contributed by atoms with Gasteiger partial charge in [0.25, 0.3) is 0 Å². The minimum absolute atomic E-state index is 0.0523. The molecule has 0 aromatic heterocycles. The van der Waals surface area contributed by atoms with Crippen LogP contribution in [0.5, 0.6) is 0 Å². The van der Waals surface area contributed by atoms with Gasteiger partial charge in [-0.1, -0.05) is 19.6 Å². The van der Waals surface area contributed by atoms with Gasteiger partial charge < -0.3 is 14.6 Å². The molecule has 1 N–H and O–H groups in total. The highest BCUT2D eigenvalue weighted by Crippen LogP contribution is 2.15. The molecule has 0 radical (unpaired) electrons. The Labute approximate surface area is 113 Å². The number of esters is 2. The molecule has 0 amide bonds. The molecule has 19 heavy (non-hydrogen) atoms. The summed E-state index contributed by atoms with van der Waals surface area (Å²) in [5, 5.41) is 9.93. The largest absolute Gasteiger partial charge is 0.463 e. The first-order chi connectivity index (χ1) is 8.91. The molecule has 0 bridgehead atoms. The summed E-state index contributed by atoms with van der Waals surface area (Å²) >= 11 is 0. The van der Waals surface area contributed by atoms with Crippen LogP contribution in [0.2, 0.25) is 0 Å². The smallest absolute Gasteiger partial charge is 0.330 e. The van der Waals surface area contributed by atoms with E-state index in [0.29, 0.717) is 13.0 Å². The zero-order valence-electron chi connectivity index (χ0n) is 11.4. The Bertz CT molecular complexity index is 320. The quantitative estimate of drug-likeness (QED) is 0.372. The molecule has 1 atom stereocenters. The Morgan fingerprint density at radius 1 is 1.11 bits per heavy atom. The lowest BCUT2D eigenvalue weighted by Crippen LogP contribution is -2.31. The molecule has 0 rings (SSSR count). The predicted molar refractivity (Wildman–Crippen MR) is 71.4 cm³/mol. The zero-order chi connectivity index (χ0) is 14.7.